The third-order valence-corrected chi connectivity index (χ3v) is 5.07. The minimum atomic E-state index is -0.295. The zero-order valence-corrected chi connectivity index (χ0v) is 15.8. The fourth-order valence-electron chi connectivity index (χ4n) is 3.60. The highest BCUT2D eigenvalue weighted by Gasteiger charge is 2.20. The lowest BCUT2D eigenvalue weighted by molar-refractivity contribution is 0.356. The van der Waals surface area contributed by atoms with E-state index in [0.29, 0.717) is 47.3 Å². The van der Waals surface area contributed by atoms with Crippen LogP contribution >= 0.6 is 0 Å². The van der Waals surface area contributed by atoms with E-state index in [1.165, 1.54) is 6.07 Å². The maximum atomic E-state index is 14.4. The van der Waals surface area contributed by atoms with E-state index in [2.05, 4.69) is 20.3 Å². The van der Waals surface area contributed by atoms with E-state index in [0.717, 1.165) is 11.1 Å². The summed E-state index contributed by atoms with van der Waals surface area (Å²) in [6.07, 6.45) is 5.53. The average molecular weight is 401 g/mol. The molecule has 30 heavy (non-hydrogen) atoms. The number of nitrogen functional groups attached to an aromatic ring is 1. The summed E-state index contributed by atoms with van der Waals surface area (Å²) in [6.45, 7) is 0.773. The lowest BCUT2D eigenvalue weighted by Crippen LogP contribution is -2.09. The molecule has 0 saturated carbocycles. The summed E-state index contributed by atoms with van der Waals surface area (Å²) in [6, 6.07) is 8.62. The van der Waals surface area contributed by atoms with Crippen molar-refractivity contribution in [1.82, 2.24) is 19.4 Å². The van der Waals surface area contributed by atoms with Crippen LogP contribution in [0.2, 0.25) is 0 Å². The smallest absolute Gasteiger partial charge is 0.208 e. The van der Waals surface area contributed by atoms with Crippen LogP contribution in [0.4, 0.5) is 16.2 Å². The highest BCUT2D eigenvalue weighted by atomic mass is 19.1. The maximum Gasteiger partial charge on any atom is 0.208 e. The number of fused-ring (bicyclic) bond motifs is 2. The molecule has 0 unspecified atom stereocenters. The number of aromatic nitrogens is 4. The molecule has 5 rings (SSSR count). The molecule has 0 aliphatic carbocycles. The van der Waals surface area contributed by atoms with Gasteiger partial charge >= 0.3 is 0 Å². The number of halogens is 1. The van der Waals surface area contributed by atoms with Gasteiger partial charge in [0, 0.05) is 47.6 Å². The number of pyridine rings is 1. The molecule has 148 valence electrons. The van der Waals surface area contributed by atoms with Crippen molar-refractivity contribution < 1.29 is 9.13 Å². The van der Waals surface area contributed by atoms with E-state index < -0.39 is 0 Å². The van der Waals surface area contributed by atoms with Crippen LogP contribution in [-0.4, -0.2) is 26.0 Å². The summed E-state index contributed by atoms with van der Waals surface area (Å²) in [5.41, 5.74) is 9.35. The van der Waals surface area contributed by atoms with Gasteiger partial charge in [-0.15, -0.1) is 0 Å². The van der Waals surface area contributed by atoms with Crippen LogP contribution in [0.3, 0.4) is 0 Å². The van der Waals surface area contributed by atoms with Gasteiger partial charge in [0.2, 0.25) is 5.95 Å². The number of nitrogens with two attached hydrogens (primary N) is 1. The van der Waals surface area contributed by atoms with Crippen LogP contribution in [0, 0.1) is 17.1 Å². The summed E-state index contributed by atoms with van der Waals surface area (Å²) in [4.78, 5) is 13.0. The Morgan fingerprint density at radius 3 is 2.93 bits per heavy atom. The molecule has 8 nitrogen and oxygen atoms in total. The first kappa shape index (κ1) is 17.9. The second kappa shape index (κ2) is 7.00. The van der Waals surface area contributed by atoms with E-state index in [4.69, 9.17) is 10.5 Å². The molecule has 0 atom stereocenters. The van der Waals surface area contributed by atoms with Crippen molar-refractivity contribution in [3.8, 4) is 22.9 Å². The summed E-state index contributed by atoms with van der Waals surface area (Å²) in [5.74, 6) is 1.27. The lowest BCUT2D eigenvalue weighted by atomic mass is 10.0. The van der Waals surface area contributed by atoms with Gasteiger partial charge in [0.1, 0.15) is 23.5 Å². The van der Waals surface area contributed by atoms with Crippen molar-refractivity contribution >= 4 is 17.4 Å². The molecular weight excluding hydrogens is 385 g/mol. The molecule has 4 aromatic rings. The standard InChI is InChI=1S/C21H16FN7O/c22-17-2-3-18-14(5-6-30-18)16(17)10-27-21-26-9-15(12-1-4-19(24)25-8-12)20-28-13(7-23)11-29(20)21/h1-4,8-9,11H,5-6,10H2,(H2,24,25)(H,26,27). The largest absolute Gasteiger partial charge is 0.493 e. The first-order valence-corrected chi connectivity index (χ1v) is 9.31. The fraction of sp³-hybridized carbons (Fsp3) is 0.143. The van der Waals surface area contributed by atoms with Crippen molar-refractivity contribution in [2.45, 2.75) is 13.0 Å². The van der Waals surface area contributed by atoms with Crippen LogP contribution < -0.4 is 15.8 Å². The van der Waals surface area contributed by atoms with Crippen LogP contribution in [0.5, 0.6) is 5.75 Å². The quantitative estimate of drug-likeness (QED) is 0.540. The second-order valence-corrected chi connectivity index (χ2v) is 6.85. The zero-order valence-electron chi connectivity index (χ0n) is 15.8. The third-order valence-electron chi connectivity index (χ3n) is 5.07. The third kappa shape index (κ3) is 2.95. The number of rotatable bonds is 4. The Hall–Kier alpha value is -4.19. The van der Waals surface area contributed by atoms with Gasteiger partial charge in [0.05, 0.1) is 12.8 Å². The first-order chi connectivity index (χ1) is 14.6. The number of hydrogen-bond donors (Lipinski definition) is 2. The Labute approximate surface area is 170 Å². The number of nitrogens with zero attached hydrogens (tertiary/aromatic N) is 5. The van der Waals surface area contributed by atoms with Crippen LogP contribution in [0.15, 0.2) is 42.9 Å². The van der Waals surface area contributed by atoms with E-state index in [1.807, 2.05) is 12.1 Å². The van der Waals surface area contributed by atoms with Crippen molar-refractivity contribution in [3.05, 3.63) is 65.5 Å². The van der Waals surface area contributed by atoms with Crippen molar-refractivity contribution in [3.63, 3.8) is 0 Å². The molecule has 1 aliphatic rings. The Kier molecular flexibility index (Phi) is 4.17. The van der Waals surface area contributed by atoms with Gasteiger partial charge in [0.15, 0.2) is 11.3 Å². The molecular formula is C21H16FN7O. The van der Waals surface area contributed by atoms with Crippen molar-refractivity contribution in [1.29, 1.82) is 5.26 Å². The maximum absolute atomic E-state index is 14.4. The van der Waals surface area contributed by atoms with Crippen molar-refractivity contribution in [2.75, 3.05) is 17.7 Å². The predicted molar refractivity (Wildman–Crippen MR) is 108 cm³/mol. The molecule has 9 heteroatoms. The monoisotopic (exact) mass is 401 g/mol. The van der Waals surface area contributed by atoms with Crippen molar-refractivity contribution in [2.24, 2.45) is 0 Å². The molecule has 0 saturated heterocycles. The molecule has 1 aromatic carbocycles. The first-order valence-electron chi connectivity index (χ1n) is 9.31. The number of hydrogen-bond acceptors (Lipinski definition) is 7. The highest BCUT2D eigenvalue weighted by Crippen LogP contribution is 2.31. The predicted octanol–water partition coefficient (Wildman–Crippen LogP) is 2.93. The van der Waals surface area contributed by atoms with E-state index in [9.17, 15) is 9.65 Å². The highest BCUT2D eigenvalue weighted by molar-refractivity contribution is 5.78. The van der Waals surface area contributed by atoms with E-state index >= 15 is 0 Å². The van der Waals surface area contributed by atoms with Gasteiger partial charge < -0.3 is 15.8 Å². The van der Waals surface area contributed by atoms with E-state index in [1.54, 1.807) is 35.1 Å². The second-order valence-electron chi connectivity index (χ2n) is 6.85. The Balaban J connectivity index is 1.54. The number of imidazole rings is 1. The van der Waals surface area contributed by atoms with Gasteiger partial charge in [-0.05, 0) is 24.3 Å². The molecule has 3 N–H and O–H groups in total. The summed E-state index contributed by atoms with van der Waals surface area (Å²) in [7, 11) is 0. The molecule has 0 amide bonds. The summed E-state index contributed by atoms with van der Waals surface area (Å²) in [5, 5.41) is 12.5. The van der Waals surface area contributed by atoms with Gasteiger partial charge in [-0.2, -0.15) is 5.26 Å². The molecule has 0 spiro atoms. The average Bonchev–Trinajstić information content (AvgIpc) is 3.41. The Bertz CT molecular complexity index is 1310. The SMILES string of the molecule is N#Cc1cn2c(NCc3c(F)ccc4c3CCO4)ncc(-c3ccc(N)nc3)c2n1. The summed E-state index contributed by atoms with van der Waals surface area (Å²) >= 11 is 0. The Morgan fingerprint density at radius 2 is 2.13 bits per heavy atom. The molecule has 4 heterocycles. The van der Waals surface area contributed by atoms with E-state index in [-0.39, 0.29) is 18.1 Å². The zero-order chi connectivity index (χ0) is 20.7. The number of benzene rings is 1. The minimum absolute atomic E-state index is 0.226. The topological polar surface area (TPSA) is 114 Å². The number of anilines is 2. The van der Waals surface area contributed by atoms with Crippen LogP contribution in [0.1, 0.15) is 16.8 Å². The molecule has 0 fully saturated rings. The molecule has 3 aromatic heterocycles. The van der Waals surface area contributed by atoms with Crippen LogP contribution in [0.25, 0.3) is 16.8 Å². The van der Waals surface area contributed by atoms with Gasteiger partial charge in [0.25, 0.3) is 0 Å². The normalized spacial score (nSPS) is 12.4. The molecule has 0 bridgehead atoms. The van der Waals surface area contributed by atoms with Gasteiger partial charge in [-0.3, -0.25) is 4.40 Å². The fourth-order valence-corrected chi connectivity index (χ4v) is 3.60. The molecule has 1 aliphatic heterocycles. The number of ether oxygens (including phenoxy) is 1. The number of nitriles is 1. The molecule has 0 radical (unpaired) electrons. The van der Waals surface area contributed by atoms with Gasteiger partial charge in [-0.25, -0.2) is 19.3 Å². The van der Waals surface area contributed by atoms with Crippen LogP contribution in [-0.2, 0) is 13.0 Å². The lowest BCUT2D eigenvalue weighted by Gasteiger charge is -2.13. The number of nitrogens with one attached hydrogen (secondary N) is 1. The minimum Gasteiger partial charge on any atom is -0.493 e. The van der Waals surface area contributed by atoms with Gasteiger partial charge in [-0.1, -0.05) is 0 Å². The Morgan fingerprint density at radius 1 is 1.23 bits per heavy atom. The summed E-state index contributed by atoms with van der Waals surface area (Å²) < 4.78 is 21.7.